The van der Waals surface area contributed by atoms with E-state index in [1.54, 1.807) is 19.0 Å². The Morgan fingerprint density at radius 1 is 1.22 bits per heavy atom. The first kappa shape index (κ1) is 15.0. The second-order valence-electron chi connectivity index (χ2n) is 5.23. The van der Waals surface area contributed by atoms with Gasteiger partial charge < -0.3 is 15.3 Å². The van der Waals surface area contributed by atoms with E-state index < -0.39 is 5.97 Å². The zero-order valence-electron chi connectivity index (χ0n) is 11.3. The third-order valence-electron chi connectivity index (χ3n) is 3.58. The van der Waals surface area contributed by atoms with Crippen LogP contribution >= 0.6 is 0 Å². The number of aliphatic carboxylic acids is 1. The fourth-order valence-corrected chi connectivity index (χ4v) is 2.31. The van der Waals surface area contributed by atoms with Crippen molar-refractivity contribution in [3.8, 4) is 0 Å². The van der Waals surface area contributed by atoms with E-state index in [0.717, 1.165) is 38.6 Å². The van der Waals surface area contributed by atoms with Gasteiger partial charge in [0.05, 0.1) is 5.92 Å². The lowest BCUT2D eigenvalue weighted by molar-refractivity contribution is -0.142. The maximum atomic E-state index is 11.3. The van der Waals surface area contributed by atoms with Gasteiger partial charge in [0, 0.05) is 26.6 Å². The van der Waals surface area contributed by atoms with Crippen LogP contribution in [-0.4, -0.2) is 48.6 Å². The number of hydrogen-bond acceptors (Lipinski definition) is 3. The first-order chi connectivity index (χ1) is 8.50. The van der Waals surface area contributed by atoms with Crippen molar-refractivity contribution in [1.29, 1.82) is 0 Å². The summed E-state index contributed by atoms with van der Waals surface area (Å²) in [7, 11) is 3.53. The van der Waals surface area contributed by atoms with Crippen LogP contribution in [-0.2, 0) is 9.59 Å². The van der Waals surface area contributed by atoms with Gasteiger partial charge in [0.25, 0.3) is 0 Å². The zero-order chi connectivity index (χ0) is 13.5. The van der Waals surface area contributed by atoms with Crippen molar-refractivity contribution in [3.05, 3.63) is 0 Å². The SMILES string of the molecule is CN(C)C(=O)CCCNC1CCC(C(=O)O)CC1. The summed E-state index contributed by atoms with van der Waals surface area (Å²) in [6.07, 6.45) is 4.81. The molecule has 104 valence electrons. The maximum absolute atomic E-state index is 11.3. The van der Waals surface area contributed by atoms with E-state index >= 15 is 0 Å². The topological polar surface area (TPSA) is 69.6 Å². The number of rotatable bonds is 6. The third-order valence-corrected chi connectivity index (χ3v) is 3.58. The zero-order valence-corrected chi connectivity index (χ0v) is 11.3. The quantitative estimate of drug-likeness (QED) is 0.698. The Bertz CT molecular complexity index is 284. The van der Waals surface area contributed by atoms with Gasteiger partial charge in [-0.2, -0.15) is 0 Å². The number of nitrogens with one attached hydrogen (secondary N) is 1. The van der Waals surface area contributed by atoms with Gasteiger partial charge in [-0.1, -0.05) is 0 Å². The molecule has 0 unspecified atom stereocenters. The number of hydrogen-bond donors (Lipinski definition) is 2. The molecule has 0 atom stereocenters. The Labute approximate surface area is 109 Å². The summed E-state index contributed by atoms with van der Waals surface area (Å²) in [5, 5.41) is 12.3. The minimum atomic E-state index is -0.662. The summed E-state index contributed by atoms with van der Waals surface area (Å²) in [4.78, 5) is 23.8. The van der Waals surface area contributed by atoms with Crippen LogP contribution in [0.4, 0.5) is 0 Å². The summed E-state index contributed by atoms with van der Waals surface area (Å²) in [6.45, 7) is 0.835. The molecule has 0 aromatic heterocycles. The van der Waals surface area contributed by atoms with Crippen molar-refractivity contribution in [1.82, 2.24) is 10.2 Å². The van der Waals surface area contributed by atoms with Crippen LogP contribution < -0.4 is 5.32 Å². The van der Waals surface area contributed by atoms with E-state index in [2.05, 4.69) is 5.32 Å². The minimum absolute atomic E-state index is 0.154. The molecule has 1 aliphatic rings. The molecule has 1 aliphatic carbocycles. The van der Waals surface area contributed by atoms with Crippen LogP contribution in [0.15, 0.2) is 0 Å². The van der Waals surface area contributed by atoms with E-state index in [1.165, 1.54) is 0 Å². The molecule has 0 saturated heterocycles. The highest BCUT2D eigenvalue weighted by atomic mass is 16.4. The van der Waals surface area contributed by atoms with Gasteiger partial charge in [-0.15, -0.1) is 0 Å². The highest BCUT2D eigenvalue weighted by Crippen LogP contribution is 2.24. The molecule has 0 radical (unpaired) electrons. The first-order valence-electron chi connectivity index (χ1n) is 6.67. The molecule has 1 rings (SSSR count). The average Bonchev–Trinajstić information content (AvgIpc) is 2.34. The van der Waals surface area contributed by atoms with E-state index in [4.69, 9.17) is 5.11 Å². The van der Waals surface area contributed by atoms with Crippen LogP contribution in [0.5, 0.6) is 0 Å². The predicted octanol–water partition coefficient (Wildman–Crippen LogP) is 1.09. The van der Waals surface area contributed by atoms with Gasteiger partial charge in [-0.3, -0.25) is 9.59 Å². The normalized spacial score (nSPS) is 23.7. The van der Waals surface area contributed by atoms with Gasteiger partial charge in [0.1, 0.15) is 0 Å². The molecule has 1 amide bonds. The summed E-state index contributed by atoms with van der Waals surface area (Å²) < 4.78 is 0. The number of nitrogens with zero attached hydrogens (tertiary/aromatic N) is 1. The molecular formula is C13H24N2O3. The second kappa shape index (κ2) is 7.36. The largest absolute Gasteiger partial charge is 0.481 e. The van der Waals surface area contributed by atoms with Gasteiger partial charge >= 0.3 is 5.97 Å². The highest BCUT2D eigenvalue weighted by molar-refractivity contribution is 5.75. The van der Waals surface area contributed by atoms with Crippen molar-refractivity contribution < 1.29 is 14.7 Å². The predicted molar refractivity (Wildman–Crippen MR) is 69.3 cm³/mol. The molecule has 0 bridgehead atoms. The van der Waals surface area contributed by atoms with Crippen LogP contribution in [0.2, 0.25) is 0 Å². The number of carbonyl (C=O) groups excluding carboxylic acids is 1. The maximum Gasteiger partial charge on any atom is 0.306 e. The molecule has 5 nitrogen and oxygen atoms in total. The Morgan fingerprint density at radius 2 is 1.83 bits per heavy atom. The van der Waals surface area contributed by atoms with Crippen LogP contribution in [0.25, 0.3) is 0 Å². The molecule has 0 aromatic carbocycles. The van der Waals surface area contributed by atoms with E-state index in [-0.39, 0.29) is 11.8 Å². The average molecular weight is 256 g/mol. The molecule has 5 heteroatoms. The molecule has 0 heterocycles. The molecule has 0 aliphatic heterocycles. The monoisotopic (exact) mass is 256 g/mol. The molecule has 18 heavy (non-hydrogen) atoms. The molecule has 0 aromatic rings. The van der Waals surface area contributed by atoms with Crippen LogP contribution in [0.1, 0.15) is 38.5 Å². The number of amides is 1. The fraction of sp³-hybridized carbons (Fsp3) is 0.846. The highest BCUT2D eigenvalue weighted by Gasteiger charge is 2.25. The van der Waals surface area contributed by atoms with Crippen molar-refractivity contribution in [2.45, 2.75) is 44.6 Å². The smallest absolute Gasteiger partial charge is 0.306 e. The van der Waals surface area contributed by atoms with Crippen molar-refractivity contribution >= 4 is 11.9 Å². The number of carbonyl (C=O) groups is 2. The van der Waals surface area contributed by atoms with Gasteiger partial charge in [-0.05, 0) is 38.6 Å². The second-order valence-corrected chi connectivity index (χ2v) is 5.23. The van der Waals surface area contributed by atoms with Gasteiger partial charge in [0.15, 0.2) is 0 Å². The lowest BCUT2D eigenvalue weighted by Gasteiger charge is -2.27. The Hall–Kier alpha value is -1.10. The van der Waals surface area contributed by atoms with Crippen LogP contribution in [0.3, 0.4) is 0 Å². The Morgan fingerprint density at radius 3 is 2.33 bits per heavy atom. The van der Waals surface area contributed by atoms with Crippen molar-refractivity contribution in [2.75, 3.05) is 20.6 Å². The molecular weight excluding hydrogens is 232 g/mol. The standard InChI is InChI=1S/C13H24N2O3/c1-15(2)12(16)4-3-9-14-11-7-5-10(6-8-11)13(17)18/h10-11,14H,3-9H2,1-2H3,(H,17,18). The summed E-state index contributed by atoms with van der Waals surface area (Å²) in [5.41, 5.74) is 0. The number of carboxylic acids is 1. The molecule has 1 fully saturated rings. The molecule has 2 N–H and O–H groups in total. The van der Waals surface area contributed by atoms with Crippen molar-refractivity contribution in [3.63, 3.8) is 0 Å². The van der Waals surface area contributed by atoms with E-state index in [1.807, 2.05) is 0 Å². The number of carboxylic acid groups (broad SMARTS) is 1. The minimum Gasteiger partial charge on any atom is -0.481 e. The first-order valence-corrected chi connectivity index (χ1v) is 6.67. The lowest BCUT2D eigenvalue weighted by atomic mass is 9.86. The fourth-order valence-electron chi connectivity index (χ4n) is 2.31. The Balaban J connectivity index is 2.08. The van der Waals surface area contributed by atoms with Gasteiger partial charge in [0.2, 0.25) is 5.91 Å². The summed E-state index contributed by atoms with van der Waals surface area (Å²) in [6, 6.07) is 0.426. The van der Waals surface area contributed by atoms with E-state index in [9.17, 15) is 9.59 Å². The van der Waals surface area contributed by atoms with Crippen LogP contribution in [0, 0.1) is 5.92 Å². The molecule has 0 spiro atoms. The summed E-state index contributed by atoms with van der Waals surface area (Å²) in [5.74, 6) is -0.658. The Kier molecular flexibility index (Phi) is 6.12. The van der Waals surface area contributed by atoms with Gasteiger partial charge in [-0.25, -0.2) is 0 Å². The molecule has 1 saturated carbocycles. The summed E-state index contributed by atoms with van der Waals surface area (Å²) >= 11 is 0. The van der Waals surface area contributed by atoms with Crippen molar-refractivity contribution in [2.24, 2.45) is 5.92 Å². The lowest BCUT2D eigenvalue weighted by Crippen LogP contribution is -2.35. The third kappa shape index (κ3) is 5.04. The van der Waals surface area contributed by atoms with E-state index in [0.29, 0.717) is 12.5 Å².